The Bertz CT molecular complexity index is 727. The van der Waals surface area contributed by atoms with Crippen LogP contribution >= 0.6 is 0 Å². The second kappa shape index (κ2) is 7.37. The number of amides is 1. The van der Waals surface area contributed by atoms with Crippen LogP contribution in [0.25, 0.3) is 0 Å². The van der Waals surface area contributed by atoms with Gasteiger partial charge in [-0.2, -0.15) is 13.2 Å². The number of ether oxygens (including phenoxy) is 1. The van der Waals surface area contributed by atoms with Crippen molar-refractivity contribution in [2.24, 2.45) is 5.92 Å². The van der Waals surface area contributed by atoms with Crippen LogP contribution < -0.4 is 0 Å². The summed E-state index contributed by atoms with van der Waals surface area (Å²) in [7, 11) is 0. The molecule has 3 rings (SSSR count). The molecule has 0 radical (unpaired) electrons. The molecule has 3 heterocycles. The monoisotopic (exact) mass is 398 g/mol. The van der Waals surface area contributed by atoms with Gasteiger partial charge in [-0.25, -0.2) is 4.79 Å². The minimum Gasteiger partial charge on any atom is -0.444 e. The molecule has 154 valence electrons. The summed E-state index contributed by atoms with van der Waals surface area (Å²) >= 11 is 0. The predicted octanol–water partition coefficient (Wildman–Crippen LogP) is 4.85. The van der Waals surface area contributed by atoms with Gasteiger partial charge >= 0.3 is 12.3 Å². The van der Waals surface area contributed by atoms with Gasteiger partial charge in [0.1, 0.15) is 11.3 Å². The first-order valence-corrected chi connectivity index (χ1v) is 9.54. The zero-order valence-electron chi connectivity index (χ0n) is 16.3. The Balaban J connectivity index is 1.73. The smallest absolute Gasteiger partial charge is 0.417 e. The first-order chi connectivity index (χ1) is 13.0. The lowest BCUT2D eigenvalue weighted by Gasteiger charge is -2.48. The van der Waals surface area contributed by atoms with Crippen molar-refractivity contribution < 1.29 is 27.5 Å². The van der Waals surface area contributed by atoms with Gasteiger partial charge < -0.3 is 9.64 Å². The molecule has 1 amide bonds. The quantitative estimate of drug-likeness (QED) is 0.668. The number of carbonyl (C=O) groups excluding carboxylic acids is 2. The molecule has 0 N–H and O–H groups in total. The second-order valence-corrected chi connectivity index (χ2v) is 8.59. The topological polar surface area (TPSA) is 59.5 Å². The van der Waals surface area contributed by atoms with Crippen molar-refractivity contribution in [3.63, 3.8) is 0 Å². The van der Waals surface area contributed by atoms with Crippen molar-refractivity contribution in [1.82, 2.24) is 9.88 Å². The number of carbonyl (C=O) groups is 2. The minimum atomic E-state index is -4.48. The number of ketones is 1. The third kappa shape index (κ3) is 4.47. The van der Waals surface area contributed by atoms with Gasteiger partial charge in [0, 0.05) is 24.2 Å². The molecule has 0 aromatic carbocycles. The molecule has 1 aromatic heterocycles. The molecule has 2 saturated heterocycles. The summed E-state index contributed by atoms with van der Waals surface area (Å²) in [5, 5.41) is 0. The van der Waals surface area contributed by atoms with Crippen molar-refractivity contribution in [2.75, 3.05) is 0 Å². The van der Waals surface area contributed by atoms with Crippen molar-refractivity contribution in [3.8, 4) is 0 Å². The molecule has 2 bridgehead atoms. The van der Waals surface area contributed by atoms with Crippen LogP contribution in [-0.4, -0.2) is 39.4 Å². The Hall–Kier alpha value is -2.12. The summed E-state index contributed by atoms with van der Waals surface area (Å²) in [4.78, 5) is 30.9. The van der Waals surface area contributed by atoms with Crippen LogP contribution in [0.4, 0.5) is 18.0 Å². The van der Waals surface area contributed by atoms with Gasteiger partial charge in [0.2, 0.25) is 0 Å². The van der Waals surface area contributed by atoms with E-state index in [1.807, 2.05) is 20.8 Å². The number of Topliss-reactive ketones (excluding diaryl/α,β-unsaturated/α-hetero) is 1. The lowest BCUT2D eigenvalue weighted by Crippen LogP contribution is -2.56. The lowest BCUT2D eigenvalue weighted by atomic mass is 9.76. The maximum absolute atomic E-state index is 12.8. The summed E-state index contributed by atoms with van der Waals surface area (Å²) in [5.41, 5.74) is -1.43. The second-order valence-electron chi connectivity index (χ2n) is 8.59. The number of hydrogen-bond acceptors (Lipinski definition) is 4. The van der Waals surface area contributed by atoms with E-state index < -0.39 is 17.3 Å². The summed E-state index contributed by atoms with van der Waals surface area (Å²) in [5.74, 6) is -0.604. The molecular weight excluding hydrogens is 373 g/mol. The summed E-state index contributed by atoms with van der Waals surface area (Å²) in [6.45, 7) is 5.44. The number of hydrogen-bond donors (Lipinski definition) is 0. The first-order valence-electron chi connectivity index (χ1n) is 9.54. The normalized spacial score (nSPS) is 25.4. The van der Waals surface area contributed by atoms with Gasteiger partial charge in [-0.05, 0) is 65.0 Å². The number of fused-ring (bicyclic) bond motifs is 2. The van der Waals surface area contributed by atoms with Crippen molar-refractivity contribution in [1.29, 1.82) is 0 Å². The van der Waals surface area contributed by atoms with Gasteiger partial charge in [0.05, 0.1) is 5.56 Å². The van der Waals surface area contributed by atoms with Crippen LogP contribution in [0.15, 0.2) is 18.3 Å². The van der Waals surface area contributed by atoms with E-state index in [1.165, 1.54) is 0 Å². The molecule has 28 heavy (non-hydrogen) atoms. The van der Waals surface area contributed by atoms with Crippen LogP contribution in [0.3, 0.4) is 0 Å². The van der Waals surface area contributed by atoms with Crippen LogP contribution in [0, 0.1) is 5.92 Å². The van der Waals surface area contributed by atoms with Gasteiger partial charge in [-0.15, -0.1) is 0 Å². The van der Waals surface area contributed by atoms with Crippen molar-refractivity contribution in [3.05, 3.63) is 29.6 Å². The van der Waals surface area contributed by atoms with Gasteiger partial charge in [0.25, 0.3) is 0 Å². The van der Waals surface area contributed by atoms with E-state index in [1.54, 1.807) is 4.90 Å². The predicted molar refractivity (Wildman–Crippen MR) is 95.8 cm³/mol. The third-order valence-electron chi connectivity index (χ3n) is 5.29. The molecule has 2 aliphatic rings. The van der Waals surface area contributed by atoms with E-state index in [4.69, 9.17) is 4.74 Å². The molecular formula is C20H25F3N2O3. The third-order valence-corrected chi connectivity index (χ3v) is 5.29. The van der Waals surface area contributed by atoms with E-state index in [2.05, 4.69) is 4.98 Å². The van der Waals surface area contributed by atoms with Crippen LogP contribution in [0.1, 0.15) is 68.9 Å². The summed E-state index contributed by atoms with van der Waals surface area (Å²) in [6, 6.07) is 1.84. The Morgan fingerprint density at radius 1 is 1.11 bits per heavy atom. The number of pyridine rings is 1. The lowest BCUT2D eigenvalue weighted by molar-refractivity contribution is -0.137. The zero-order valence-corrected chi connectivity index (χ0v) is 16.3. The highest BCUT2D eigenvalue weighted by Gasteiger charge is 2.44. The average molecular weight is 398 g/mol. The fraction of sp³-hybridized carbons (Fsp3) is 0.650. The van der Waals surface area contributed by atoms with Crippen molar-refractivity contribution >= 4 is 11.9 Å². The van der Waals surface area contributed by atoms with E-state index in [0.717, 1.165) is 31.4 Å². The molecule has 2 aliphatic heterocycles. The van der Waals surface area contributed by atoms with Crippen LogP contribution in [-0.2, 0) is 10.9 Å². The SMILES string of the molecule is CC(C)(C)OC(=O)N1C2CCCC1CC(C(=O)c1ccc(C(F)(F)F)cn1)C2. The fourth-order valence-electron chi connectivity index (χ4n) is 4.12. The molecule has 2 atom stereocenters. The van der Waals surface area contributed by atoms with Crippen molar-refractivity contribution in [2.45, 2.75) is 76.7 Å². The molecule has 5 nitrogen and oxygen atoms in total. The molecule has 8 heteroatoms. The van der Waals surface area contributed by atoms with Crippen LogP contribution in [0.2, 0.25) is 0 Å². The highest BCUT2D eigenvalue weighted by molar-refractivity contribution is 5.96. The van der Waals surface area contributed by atoms with E-state index in [9.17, 15) is 22.8 Å². The van der Waals surface area contributed by atoms with Gasteiger partial charge in [-0.1, -0.05) is 0 Å². The molecule has 0 spiro atoms. The Morgan fingerprint density at radius 3 is 2.18 bits per heavy atom. The molecule has 0 saturated carbocycles. The van der Waals surface area contributed by atoms with E-state index >= 15 is 0 Å². The average Bonchev–Trinajstić information content (AvgIpc) is 2.57. The number of halogens is 3. The maximum Gasteiger partial charge on any atom is 0.417 e. The summed E-state index contributed by atoms with van der Waals surface area (Å²) < 4.78 is 43.6. The van der Waals surface area contributed by atoms with Crippen LogP contribution in [0.5, 0.6) is 0 Å². The molecule has 2 unspecified atom stereocenters. The Morgan fingerprint density at radius 2 is 1.71 bits per heavy atom. The molecule has 0 aliphatic carbocycles. The zero-order chi connectivity index (χ0) is 20.7. The highest BCUT2D eigenvalue weighted by atomic mass is 19.4. The number of nitrogens with zero attached hydrogens (tertiary/aromatic N) is 2. The standard InChI is InChI=1S/C20H25F3N2O3/c1-19(2,3)28-18(27)25-14-5-4-6-15(25)10-12(9-14)17(26)16-8-7-13(11-24-16)20(21,22)23/h7-8,11-12,14-15H,4-6,9-10H2,1-3H3. The largest absolute Gasteiger partial charge is 0.444 e. The Kier molecular flexibility index (Phi) is 5.42. The summed E-state index contributed by atoms with van der Waals surface area (Å²) in [6.07, 6.45) is -0.614. The van der Waals surface area contributed by atoms with Gasteiger partial charge in [-0.3, -0.25) is 9.78 Å². The number of piperidine rings is 2. The molecule has 2 fully saturated rings. The number of rotatable bonds is 2. The van der Waals surface area contributed by atoms with E-state index in [0.29, 0.717) is 19.0 Å². The van der Waals surface area contributed by atoms with E-state index in [-0.39, 0.29) is 35.6 Å². The maximum atomic E-state index is 12.8. The molecule has 1 aromatic rings. The number of alkyl halides is 3. The van der Waals surface area contributed by atoms with Gasteiger partial charge in [0.15, 0.2) is 5.78 Å². The fourth-order valence-corrected chi connectivity index (χ4v) is 4.12. The highest BCUT2D eigenvalue weighted by Crippen LogP contribution is 2.39. The first kappa shape index (κ1) is 20.6. The minimum absolute atomic E-state index is 0.0433. The number of aromatic nitrogens is 1. The Labute approximate surface area is 162 Å².